The molecule has 0 aliphatic heterocycles. The van der Waals surface area contributed by atoms with Crippen LogP contribution < -0.4 is 4.90 Å². The van der Waals surface area contributed by atoms with E-state index in [1.807, 2.05) is 55.4 Å². The minimum atomic E-state index is -1.35. The lowest BCUT2D eigenvalue weighted by atomic mass is 10.1. The predicted molar refractivity (Wildman–Crippen MR) is 145 cm³/mol. The number of anilines is 1. The van der Waals surface area contributed by atoms with Gasteiger partial charge in [0.15, 0.2) is 0 Å². The molecule has 0 aliphatic carbocycles. The van der Waals surface area contributed by atoms with Gasteiger partial charge < -0.3 is 13.7 Å². The summed E-state index contributed by atoms with van der Waals surface area (Å²) in [5.41, 5.74) is 1.56. The van der Waals surface area contributed by atoms with Crippen molar-refractivity contribution >= 4 is 62.5 Å². The summed E-state index contributed by atoms with van der Waals surface area (Å²) in [6, 6.07) is 5.24. The van der Waals surface area contributed by atoms with E-state index >= 15 is 0 Å². The van der Waals surface area contributed by atoms with Crippen molar-refractivity contribution in [3.63, 3.8) is 0 Å². The van der Waals surface area contributed by atoms with E-state index in [-0.39, 0.29) is 17.6 Å². The number of furan rings is 1. The number of amides is 1. The van der Waals surface area contributed by atoms with Gasteiger partial charge in [0, 0.05) is 16.9 Å². The lowest BCUT2D eigenvalue weighted by Crippen LogP contribution is -2.36. The number of fused-ring (bicyclic) bond motifs is 1. The van der Waals surface area contributed by atoms with Crippen molar-refractivity contribution in [3.05, 3.63) is 45.8 Å². The van der Waals surface area contributed by atoms with Crippen LogP contribution in [0.3, 0.4) is 0 Å². The number of pyridine rings is 1. The second-order valence-corrected chi connectivity index (χ2v) is 13.7. The van der Waals surface area contributed by atoms with Gasteiger partial charge in [-0.1, -0.05) is 22.9 Å². The number of hydrogen-bond acceptors (Lipinski definition) is 7. The molecule has 0 saturated carbocycles. The molecule has 0 N–H and O–H groups in total. The predicted octanol–water partition coefficient (Wildman–Crippen LogP) is 7.43. The highest BCUT2D eigenvalue weighted by molar-refractivity contribution is 7.91. The summed E-state index contributed by atoms with van der Waals surface area (Å²) in [4.78, 5) is 20.4. The minimum absolute atomic E-state index is 0.104. The Balaban J connectivity index is 2.09. The Morgan fingerprint density at radius 3 is 2.63 bits per heavy atom. The van der Waals surface area contributed by atoms with E-state index in [1.54, 1.807) is 30.7 Å². The Bertz CT molecular complexity index is 1210. The highest BCUT2D eigenvalue weighted by Gasteiger charge is 2.29. The van der Waals surface area contributed by atoms with Crippen LogP contribution >= 0.6 is 22.9 Å². The normalized spacial score (nSPS) is 14.5. The third kappa shape index (κ3) is 6.78. The summed E-state index contributed by atoms with van der Waals surface area (Å²) in [5, 5.41) is 0.267. The van der Waals surface area contributed by atoms with Crippen LogP contribution in [0.4, 0.5) is 10.5 Å². The highest BCUT2D eigenvalue weighted by atomic mass is 35.5. The SMILES string of the molecule is Cc1c(C(C)/C=N/[S@+]([O-])C(C)(C)C)sc2c(N(Cc3ccco3)C(=O)OC(C)(C)C)cc(Cl)nc12. The van der Waals surface area contributed by atoms with E-state index in [4.69, 9.17) is 20.8 Å². The zero-order chi connectivity index (χ0) is 26.1. The van der Waals surface area contributed by atoms with Crippen LogP contribution in [-0.2, 0) is 22.6 Å². The van der Waals surface area contributed by atoms with Crippen LogP contribution in [0.25, 0.3) is 10.2 Å². The van der Waals surface area contributed by atoms with E-state index in [2.05, 4.69) is 9.38 Å². The van der Waals surface area contributed by atoms with Crippen LogP contribution in [0, 0.1) is 6.92 Å². The summed E-state index contributed by atoms with van der Waals surface area (Å²) in [6.45, 7) is 15.3. The number of rotatable bonds is 6. The van der Waals surface area contributed by atoms with Gasteiger partial charge in [-0.25, -0.2) is 9.78 Å². The average molecular weight is 538 g/mol. The lowest BCUT2D eigenvalue weighted by molar-refractivity contribution is 0.0575. The van der Waals surface area contributed by atoms with Crippen LogP contribution in [-0.4, -0.2) is 32.2 Å². The number of thiophene rings is 1. The van der Waals surface area contributed by atoms with Crippen molar-refractivity contribution in [1.29, 1.82) is 0 Å². The molecule has 0 aromatic carbocycles. The minimum Gasteiger partial charge on any atom is -0.591 e. The standard InChI is InChI=1S/C25H32ClN3O4S2/c1-15(13-27-35(31)25(6,7)8)21-16(2)20-22(34-21)18(12-19(26)28-20)29(14-17-10-9-11-32-17)23(30)33-24(3,4)5/h9-13,15H,14H2,1-8H3/b27-13+/t15?,35-/m1/s1. The number of carbonyl (C=O) groups excluding carboxylic acids is 1. The maximum absolute atomic E-state index is 13.3. The third-order valence-electron chi connectivity index (χ3n) is 4.98. The first kappa shape index (κ1) is 27.5. The summed E-state index contributed by atoms with van der Waals surface area (Å²) in [7, 11) is 0. The van der Waals surface area contributed by atoms with Crippen molar-refractivity contribution in [3.8, 4) is 0 Å². The van der Waals surface area contributed by atoms with Crippen molar-refractivity contribution in [2.45, 2.75) is 78.2 Å². The lowest BCUT2D eigenvalue weighted by Gasteiger charge is -2.27. The first-order valence-corrected chi connectivity index (χ1v) is 13.6. The molecular weight excluding hydrogens is 506 g/mol. The van der Waals surface area contributed by atoms with Crippen molar-refractivity contribution in [1.82, 2.24) is 4.98 Å². The maximum atomic E-state index is 13.3. The van der Waals surface area contributed by atoms with Crippen molar-refractivity contribution in [2.24, 2.45) is 4.40 Å². The average Bonchev–Trinajstić information content (AvgIpc) is 3.36. The molecule has 10 heteroatoms. The summed E-state index contributed by atoms with van der Waals surface area (Å²) >= 11 is 6.59. The molecule has 0 bridgehead atoms. The van der Waals surface area contributed by atoms with Gasteiger partial charge in [0.1, 0.15) is 32.6 Å². The third-order valence-corrected chi connectivity index (χ3v) is 8.03. The Labute approximate surface area is 218 Å². The zero-order valence-electron chi connectivity index (χ0n) is 21.3. The van der Waals surface area contributed by atoms with Crippen molar-refractivity contribution < 1.29 is 18.5 Å². The molecule has 0 saturated heterocycles. The van der Waals surface area contributed by atoms with Crippen LogP contribution in [0.2, 0.25) is 5.15 Å². The molecule has 1 amide bonds. The Morgan fingerprint density at radius 2 is 2.06 bits per heavy atom. The number of hydrogen-bond donors (Lipinski definition) is 0. The number of carbonyl (C=O) groups is 1. The Kier molecular flexibility index (Phi) is 8.26. The zero-order valence-corrected chi connectivity index (χ0v) is 23.7. The molecule has 0 radical (unpaired) electrons. The first-order valence-electron chi connectivity index (χ1n) is 11.3. The molecule has 0 spiro atoms. The van der Waals surface area contributed by atoms with E-state index < -0.39 is 27.8 Å². The van der Waals surface area contributed by atoms with E-state index in [0.29, 0.717) is 17.0 Å². The molecule has 3 aromatic heterocycles. The van der Waals surface area contributed by atoms with Gasteiger partial charge in [-0.3, -0.25) is 4.90 Å². The number of nitrogens with zero attached hydrogens (tertiary/aromatic N) is 3. The van der Waals surface area contributed by atoms with Gasteiger partial charge >= 0.3 is 6.09 Å². The molecule has 0 aliphatic rings. The molecule has 0 fully saturated rings. The van der Waals surface area contributed by atoms with Gasteiger partial charge in [0.25, 0.3) is 0 Å². The van der Waals surface area contributed by atoms with Gasteiger partial charge in [-0.05, 0) is 66.2 Å². The van der Waals surface area contributed by atoms with Crippen LogP contribution in [0.1, 0.15) is 70.6 Å². The number of halogens is 1. The van der Waals surface area contributed by atoms with Gasteiger partial charge in [-0.15, -0.1) is 11.3 Å². The molecular formula is C25H32ClN3O4S2. The molecule has 2 atom stereocenters. The van der Waals surface area contributed by atoms with Crippen LogP contribution in [0.15, 0.2) is 33.3 Å². The molecule has 190 valence electrons. The number of aryl methyl sites for hydroxylation is 1. The monoisotopic (exact) mass is 537 g/mol. The fraction of sp³-hybridized carbons (Fsp3) is 0.480. The second kappa shape index (κ2) is 10.5. The largest absolute Gasteiger partial charge is 0.591 e. The molecule has 35 heavy (non-hydrogen) atoms. The van der Waals surface area contributed by atoms with E-state index in [9.17, 15) is 9.35 Å². The summed E-state index contributed by atoms with van der Waals surface area (Å²) in [5.74, 6) is 0.503. The summed E-state index contributed by atoms with van der Waals surface area (Å²) in [6.07, 6.45) is 2.77. The maximum Gasteiger partial charge on any atom is 0.415 e. The van der Waals surface area contributed by atoms with Gasteiger partial charge in [0.05, 0.1) is 34.9 Å². The van der Waals surface area contributed by atoms with E-state index in [0.717, 1.165) is 15.1 Å². The first-order chi connectivity index (χ1) is 16.2. The molecule has 3 heterocycles. The highest BCUT2D eigenvalue weighted by Crippen LogP contribution is 2.41. The molecule has 7 nitrogen and oxygen atoms in total. The Morgan fingerprint density at radius 1 is 1.37 bits per heavy atom. The van der Waals surface area contributed by atoms with Crippen LogP contribution in [0.5, 0.6) is 0 Å². The number of aromatic nitrogens is 1. The fourth-order valence-corrected chi connectivity index (χ4v) is 5.36. The Hall–Kier alpha value is -2.07. The van der Waals surface area contributed by atoms with Gasteiger partial charge in [0.2, 0.25) is 0 Å². The smallest absolute Gasteiger partial charge is 0.415 e. The van der Waals surface area contributed by atoms with Gasteiger partial charge in [-0.2, -0.15) is 0 Å². The van der Waals surface area contributed by atoms with E-state index in [1.165, 1.54) is 16.2 Å². The number of ether oxygens (including phenoxy) is 1. The molecule has 1 unspecified atom stereocenters. The van der Waals surface area contributed by atoms with Crippen molar-refractivity contribution in [2.75, 3.05) is 4.90 Å². The quantitative estimate of drug-likeness (QED) is 0.185. The fourth-order valence-electron chi connectivity index (χ4n) is 3.28. The summed E-state index contributed by atoms with van der Waals surface area (Å²) < 4.78 is 28.3. The second-order valence-electron chi connectivity index (χ2n) is 10.3. The molecule has 3 rings (SSSR count). The molecule has 3 aromatic rings. The topological polar surface area (TPSA) is 91.0 Å².